The molecule has 0 rings (SSSR count). The van der Waals surface area contributed by atoms with Crippen LogP contribution in [0, 0.1) is 0 Å². The van der Waals surface area contributed by atoms with Crippen LogP contribution in [0.4, 0.5) is 0 Å². The third kappa shape index (κ3) is 4.72. The number of halogens is 1. The third-order valence-corrected chi connectivity index (χ3v) is 1.73. The fourth-order valence-corrected chi connectivity index (χ4v) is 1.13. The first kappa shape index (κ1) is 6.72. The minimum absolute atomic E-state index is 0.637. The van der Waals surface area contributed by atoms with Crippen LogP contribution in [0.3, 0.4) is 0 Å². The lowest BCUT2D eigenvalue weighted by Crippen LogP contribution is -1.66. The molecule has 1 unspecified atom stereocenters. The largest absolute Gasteiger partial charge is 0.100 e. The molecule has 0 heterocycles. The van der Waals surface area contributed by atoms with Crippen molar-refractivity contribution in [2.45, 2.75) is 19.8 Å². The SMILES string of the molecule is CCCCPCl. The van der Waals surface area contributed by atoms with Crippen LogP contribution in [0.5, 0.6) is 0 Å². The van der Waals surface area contributed by atoms with E-state index in [0.717, 1.165) is 0 Å². The predicted molar refractivity (Wildman–Crippen MR) is 33.9 cm³/mol. The maximum atomic E-state index is 5.41. The lowest BCUT2D eigenvalue weighted by molar-refractivity contribution is 0.896. The molecule has 0 spiro atoms. The predicted octanol–water partition coefficient (Wildman–Crippen LogP) is 2.62. The van der Waals surface area contributed by atoms with Crippen LogP contribution in [-0.4, -0.2) is 6.16 Å². The second-order valence-electron chi connectivity index (χ2n) is 1.24. The van der Waals surface area contributed by atoms with Crippen LogP contribution >= 0.6 is 19.2 Å². The molecule has 0 aliphatic carbocycles. The van der Waals surface area contributed by atoms with Crippen molar-refractivity contribution in [3.63, 3.8) is 0 Å². The first-order valence-corrected chi connectivity index (χ1v) is 4.47. The molecule has 0 saturated heterocycles. The van der Waals surface area contributed by atoms with Gasteiger partial charge in [-0.15, -0.1) is 11.2 Å². The van der Waals surface area contributed by atoms with E-state index >= 15 is 0 Å². The molecular weight excluding hydrogens is 114 g/mol. The van der Waals surface area contributed by atoms with Crippen molar-refractivity contribution in [2.24, 2.45) is 0 Å². The van der Waals surface area contributed by atoms with Crippen molar-refractivity contribution in [1.82, 2.24) is 0 Å². The van der Waals surface area contributed by atoms with E-state index in [0.29, 0.717) is 7.93 Å². The van der Waals surface area contributed by atoms with Crippen molar-refractivity contribution >= 4 is 19.2 Å². The monoisotopic (exact) mass is 124 g/mol. The fraction of sp³-hybridized carbons (Fsp3) is 1.00. The summed E-state index contributed by atoms with van der Waals surface area (Å²) >= 11 is 5.41. The highest BCUT2D eigenvalue weighted by Crippen LogP contribution is 2.16. The van der Waals surface area contributed by atoms with E-state index in [-0.39, 0.29) is 0 Å². The Kier molecular flexibility index (Phi) is 6.41. The van der Waals surface area contributed by atoms with Crippen molar-refractivity contribution in [3.8, 4) is 0 Å². The summed E-state index contributed by atoms with van der Waals surface area (Å²) in [5.74, 6) is 0. The van der Waals surface area contributed by atoms with Gasteiger partial charge in [0.1, 0.15) is 0 Å². The van der Waals surface area contributed by atoms with E-state index in [1.165, 1.54) is 19.0 Å². The first-order chi connectivity index (χ1) is 2.91. The molecule has 0 aromatic carbocycles. The molecule has 6 heavy (non-hydrogen) atoms. The zero-order valence-electron chi connectivity index (χ0n) is 4.00. The Labute approximate surface area is 45.8 Å². The normalized spacial score (nSPS) is 11.0. The van der Waals surface area contributed by atoms with Crippen molar-refractivity contribution in [2.75, 3.05) is 6.16 Å². The Hall–Kier alpha value is 0.720. The number of unbranched alkanes of at least 4 members (excludes halogenated alkanes) is 1. The summed E-state index contributed by atoms with van der Waals surface area (Å²) in [6.07, 6.45) is 3.78. The average Bonchev–Trinajstić information content (AvgIpc) is 1.61. The smallest absolute Gasteiger partial charge is 0.0214 e. The molecule has 0 N–H and O–H groups in total. The molecule has 0 aromatic rings. The van der Waals surface area contributed by atoms with Gasteiger partial charge in [0.15, 0.2) is 0 Å². The Morgan fingerprint density at radius 3 is 2.50 bits per heavy atom. The number of hydrogen-bond donors (Lipinski definition) is 0. The van der Waals surface area contributed by atoms with Crippen LogP contribution in [-0.2, 0) is 0 Å². The molecule has 0 nitrogen and oxygen atoms in total. The summed E-state index contributed by atoms with van der Waals surface area (Å²) in [5.41, 5.74) is 0. The number of hydrogen-bond acceptors (Lipinski definition) is 0. The van der Waals surface area contributed by atoms with Gasteiger partial charge in [0.05, 0.1) is 0 Å². The Balaban J connectivity index is 2.34. The summed E-state index contributed by atoms with van der Waals surface area (Å²) in [6.45, 7) is 2.18. The van der Waals surface area contributed by atoms with Crippen LogP contribution < -0.4 is 0 Å². The second kappa shape index (κ2) is 5.72. The molecule has 0 saturated carbocycles. The maximum Gasteiger partial charge on any atom is -0.0214 e. The highest BCUT2D eigenvalue weighted by Gasteiger charge is 1.76. The van der Waals surface area contributed by atoms with E-state index in [4.69, 9.17) is 11.2 Å². The van der Waals surface area contributed by atoms with Gasteiger partial charge in [0, 0.05) is 0 Å². The van der Waals surface area contributed by atoms with E-state index < -0.39 is 0 Å². The number of rotatable bonds is 3. The standard InChI is InChI=1S/C4H10ClP/c1-2-3-4-6-5/h6H,2-4H2,1H3. The lowest BCUT2D eigenvalue weighted by Gasteiger charge is -1.84. The van der Waals surface area contributed by atoms with Gasteiger partial charge in [-0.2, -0.15) is 0 Å². The Morgan fingerprint density at radius 1 is 1.67 bits per heavy atom. The molecular formula is C4H10ClP. The van der Waals surface area contributed by atoms with Crippen molar-refractivity contribution in [1.29, 1.82) is 0 Å². The summed E-state index contributed by atoms with van der Waals surface area (Å²) in [6, 6.07) is 0. The van der Waals surface area contributed by atoms with Gasteiger partial charge in [-0.05, 0) is 20.5 Å². The highest BCUT2D eigenvalue weighted by molar-refractivity contribution is 7.68. The zero-order chi connectivity index (χ0) is 4.83. The van der Waals surface area contributed by atoms with Gasteiger partial charge >= 0.3 is 0 Å². The minimum atomic E-state index is 0.637. The molecule has 0 bridgehead atoms. The average molecular weight is 125 g/mol. The van der Waals surface area contributed by atoms with Gasteiger partial charge in [0.25, 0.3) is 0 Å². The molecule has 0 amide bonds. The van der Waals surface area contributed by atoms with E-state index in [9.17, 15) is 0 Å². The maximum absolute atomic E-state index is 5.41. The molecule has 0 fully saturated rings. The molecule has 0 radical (unpaired) electrons. The van der Waals surface area contributed by atoms with Crippen LogP contribution in [0.25, 0.3) is 0 Å². The van der Waals surface area contributed by atoms with Gasteiger partial charge in [-0.3, -0.25) is 0 Å². The summed E-state index contributed by atoms with van der Waals surface area (Å²) in [7, 11) is 0.637. The second-order valence-corrected chi connectivity index (χ2v) is 2.81. The van der Waals surface area contributed by atoms with Gasteiger partial charge in [-0.1, -0.05) is 13.3 Å². The summed E-state index contributed by atoms with van der Waals surface area (Å²) < 4.78 is 0. The molecule has 0 aromatic heterocycles. The minimum Gasteiger partial charge on any atom is -0.100 e. The molecule has 38 valence electrons. The first-order valence-electron chi connectivity index (χ1n) is 2.25. The third-order valence-electron chi connectivity index (χ3n) is 0.625. The van der Waals surface area contributed by atoms with Crippen molar-refractivity contribution < 1.29 is 0 Å². The molecule has 1 atom stereocenters. The van der Waals surface area contributed by atoms with Crippen LogP contribution in [0.1, 0.15) is 19.8 Å². The highest BCUT2D eigenvalue weighted by atomic mass is 35.7. The van der Waals surface area contributed by atoms with Crippen molar-refractivity contribution in [3.05, 3.63) is 0 Å². The van der Waals surface area contributed by atoms with E-state index in [2.05, 4.69) is 6.92 Å². The Morgan fingerprint density at radius 2 is 2.33 bits per heavy atom. The van der Waals surface area contributed by atoms with E-state index in [1.54, 1.807) is 0 Å². The summed E-state index contributed by atoms with van der Waals surface area (Å²) in [4.78, 5) is 0. The summed E-state index contributed by atoms with van der Waals surface area (Å²) in [5, 5.41) is 0. The van der Waals surface area contributed by atoms with Gasteiger partial charge < -0.3 is 0 Å². The zero-order valence-corrected chi connectivity index (χ0v) is 5.76. The topological polar surface area (TPSA) is 0 Å². The van der Waals surface area contributed by atoms with E-state index in [1.807, 2.05) is 0 Å². The quantitative estimate of drug-likeness (QED) is 0.401. The fourth-order valence-electron chi connectivity index (χ4n) is 0.244. The van der Waals surface area contributed by atoms with Crippen LogP contribution in [0.2, 0.25) is 0 Å². The Bertz CT molecular complexity index is 19.5. The lowest BCUT2D eigenvalue weighted by atomic mass is 10.4. The van der Waals surface area contributed by atoms with Gasteiger partial charge in [-0.25, -0.2) is 0 Å². The molecule has 0 aliphatic rings. The molecule has 2 heteroatoms. The van der Waals surface area contributed by atoms with Gasteiger partial charge in [0.2, 0.25) is 0 Å². The molecule has 0 aliphatic heterocycles. The van der Waals surface area contributed by atoms with Crippen LogP contribution in [0.15, 0.2) is 0 Å².